The van der Waals surface area contributed by atoms with Crippen molar-refractivity contribution in [2.45, 2.75) is 0 Å². The number of hydrogen-bond acceptors (Lipinski definition) is 7. The van der Waals surface area contributed by atoms with E-state index in [1.807, 2.05) is 32.3 Å². The molecule has 0 amide bonds. The van der Waals surface area contributed by atoms with Crippen molar-refractivity contribution in [2.24, 2.45) is 0 Å². The number of para-hydroxylation sites is 1. The predicted molar refractivity (Wildman–Crippen MR) is 113 cm³/mol. The maximum absolute atomic E-state index is 10.4. The Hall–Kier alpha value is 1.83. The molecule has 12 N–H and O–H groups in total. The van der Waals surface area contributed by atoms with Crippen molar-refractivity contribution in [3.05, 3.63) is 30.3 Å². The van der Waals surface area contributed by atoms with Gasteiger partial charge in [0.1, 0.15) is 0 Å². The minimum atomic E-state index is -5.85. The zero-order chi connectivity index (χ0) is 33.7. The Labute approximate surface area is 248 Å². The van der Waals surface area contributed by atoms with E-state index in [4.69, 9.17) is 58.7 Å². The summed E-state index contributed by atoms with van der Waals surface area (Å²) in [6.45, 7) is 0. The third-order valence-corrected chi connectivity index (χ3v) is 1.27. The molecule has 0 aromatic heterocycles. The van der Waals surface area contributed by atoms with Crippen LogP contribution < -0.4 is 4.90 Å². The van der Waals surface area contributed by atoms with Crippen LogP contribution in [0.5, 0.6) is 0 Å². The summed E-state index contributed by atoms with van der Waals surface area (Å²) in [6, 6.07) is 10.3. The van der Waals surface area contributed by atoms with Crippen molar-refractivity contribution >= 4 is 127 Å². The summed E-state index contributed by atoms with van der Waals surface area (Å²) in [4.78, 5) is 2.08. The number of hydrogen-bond donors (Lipinski definition) is 12. The third-order valence-electron chi connectivity index (χ3n) is 1.27. The standard InChI is InChI=1S/C8H11N.6FH.12H2O.6O.6Sb/c1-9(2)8-6-4-3-5-7-8;;;;;;;;;;;;;;;;;;;;;;;;;;;;;;/h3-7H,1-2H3;6*1H;12*1H2;;;;;;;;;;;;/q;;;;;;;;;;;;;;;;;;;;;;;;;6*+3/p-18. The van der Waals surface area contributed by atoms with E-state index >= 15 is 0 Å². The summed E-state index contributed by atoms with van der Waals surface area (Å²) in [7, 11) is 4.07. The van der Waals surface area contributed by atoms with Gasteiger partial charge in [-0.2, -0.15) is 0 Å². The van der Waals surface area contributed by atoms with Gasteiger partial charge in [0, 0.05) is 19.8 Å². The van der Waals surface area contributed by atoms with Crippen LogP contribution in [0.25, 0.3) is 0 Å². The van der Waals surface area contributed by atoms with Gasteiger partial charge >= 0.3 is 197 Å². The Kier molecular flexibility index (Phi) is 34.5. The Morgan fingerprint density at radius 2 is 0.564 bits per heavy atom. The quantitative estimate of drug-likeness (QED) is 0.0923. The molecular weight excluding hydrogens is 1240 g/mol. The molecular formula is C8H23F6NO18Sb6. The van der Waals surface area contributed by atoms with Crippen LogP contribution in [0.15, 0.2) is 30.3 Å². The Bertz CT molecular complexity index is 807. The summed E-state index contributed by atoms with van der Waals surface area (Å²) in [5.74, 6) is 0. The topological polar surface area (TPSA) is 348 Å². The van der Waals surface area contributed by atoms with Crippen LogP contribution in [0.1, 0.15) is 0 Å². The summed E-state index contributed by atoms with van der Waals surface area (Å²) in [5, 5.41) is 0. The molecule has 0 aliphatic heterocycles. The van der Waals surface area contributed by atoms with Gasteiger partial charge in [0.2, 0.25) is 0 Å². The molecule has 1 aromatic rings. The van der Waals surface area contributed by atoms with Crippen LogP contribution >= 0.6 is 0 Å². The van der Waals surface area contributed by atoms with Gasteiger partial charge in [-0.15, -0.1) is 0 Å². The van der Waals surface area contributed by atoms with Crippen LogP contribution in [-0.2, 0) is 18.1 Å². The average molecular weight is 1270 g/mol. The second kappa shape index (κ2) is 25.2. The van der Waals surface area contributed by atoms with Gasteiger partial charge in [0.25, 0.3) is 0 Å². The van der Waals surface area contributed by atoms with E-state index in [1.54, 1.807) is 0 Å². The van der Waals surface area contributed by atoms with Crippen molar-refractivity contribution in [1.29, 1.82) is 0 Å². The molecule has 31 heteroatoms. The van der Waals surface area contributed by atoms with Crippen molar-refractivity contribution in [3.63, 3.8) is 0 Å². The van der Waals surface area contributed by atoms with Crippen LogP contribution in [0.2, 0.25) is 0 Å². The molecule has 1 aromatic carbocycles. The Balaban J connectivity index is -0.0000000830. The molecule has 240 valence electrons. The minimum absolute atomic E-state index is 1.25. The normalized spacial score (nSPS) is 11.2. The fraction of sp³-hybridized carbons (Fsp3) is 0.250. The van der Waals surface area contributed by atoms with E-state index in [0.717, 1.165) is 0 Å². The SMILES string of the molecule is CN(C)c1ccccc1.[O]=[Sb]([OH])([OH])[F].[O]=[Sb]([OH])([OH])[F].[O]=[Sb]([OH])([OH])[F].[O]=[Sb]([OH])([OH])[F].[O]=[Sb]([OH])([OH])[F].[O]=[Sb]([OH])([OH])[F]. The Morgan fingerprint density at radius 1 is 0.436 bits per heavy atom. The molecule has 0 spiro atoms. The summed E-state index contributed by atoms with van der Waals surface area (Å²) < 4.78 is 200. The number of nitrogens with zero attached hydrogens (tertiary/aromatic N) is 1. The van der Waals surface area contributed by atoms with Gasteiger partial charge in [0.15, 0.2) is 0 Å². The van der Waals surface area contributed by atoms with E-state index in [-0.39, 0.29) is 0 Å². The second-order valence-electron chi connectivity index (χ2n) is 5.07. The van der Waals surface area contributed by atoms with Crippen molar-refractivity contribution in [1.82, 2.24) is 0 Å². The molecule has 0 bridgehead atoms. The summed E-state index contributed by atoms with van der Waals surface area (Å²) in [5.41, 5.74) is 1.25. The average Bonchev–Trinajstić information content (AvgIpc) is 2.45. The molecule has 0 heterocycles. The molecule has 1 rings (SSSR count). The van der Waals surface area contributed by atoms with Crippen LogP contribution in [0, 0.1) is 0 Å². The molecule has 0 unspecified atom stereocenters. The van der Waals surface area contributed by atoms with E-state index in [2.05, 4.69) is 17.0 Å². The van der Waals surface area contributed by atoms with Crippen LogP contribution in [0.4, 0.5) is 22.6 Å². The molecule has 0 saturated carbocycles. The van der Waals surface area contributed by atoms with Crippen LogP contribution in [0.3, 0.4) is 0 Å². The fourth-order valence-corrected chi connectivity index (χ4v) is 0.726. The molecule has 0 atom stereocenters. The monoisotopic (exact) mass is 1260 g/mol. The Morgan fingerprint density at radius 3 is 0.641 bits per heavy atom. The number of halogens is 6. The first kappa shape index (κ1) is 53.4. The van der Waals surface area contributed by atoms with E-state index in [0.29, 0.717) is 0 Å². The maximum atomic E-state index is 10.4. The molecule has 0 fully saturated rings. The van der Waals surface area contributed by atoms with Crippen molar-refractivity contribution in [3.8, 4) is 0 Å². The van der Waals surface area contributed by atoms with Crippen molar-refractivity contribution < 1.29 is 75.6 Å². The van der Waals surface area contributed by atoms with Gasteiger partial charge < -0.3 is 4.90 Å². The molecule has 0 aliphatic carbocycles. The molecule has 39 heavy (non-hydrogen) atoms. The third kappa shape index (κ3) is 298. The fourth-order valence-electron chi connectivity index (χ4n) is 0.726. The first-order chi connectivity index (χ1) is 16.3. The van der Waals surface area contributed by atoms with E-state index in [1.165, 1.54) is 5.69 Å². The zero-order valence-corrected chi connectivity index (χ0v) is 33.9. The second-order valence-corrected chi connectivity index (χ2v) is 21.3. The van der Waals surface area contributed by atoms with Gasteiger partial charge in [-0.25, -0.2) is 0 Å². The first-order valence-corrected chi connectivity index (χ1v) is 33.3. The summed E-state index contributed by atoms with van der Waals surface area (Å²) in [6.07, 6.45) is 0. The van der Waals surface area contributed by atoms with E-state index in [9.17, 15) is 16.9 Å². The van der Waals surface area contributed by atoms with Gasteiger partial charge in [-0.1, -0.05) is 18.2 Å². The molecule has 0 radical (unpaired) electrons. The van der Waals surface area contributed by atoms with Crippen molar-refractivity contribution in [2.75, 3.05) is 19.0 Å². The van der Waals surface area contributed by atoms with Gasteiger partial charge in [-0.3, -0.25) is 0 Å². The van der Waals surface area contributed by atoms with E-state index < -0.39 is 121 Å². The zero-order valence-electron chi connectivity index (χ0n) is 18.6. The molecule has 19 nitrogen and oxygen atoms in total. The molecule has 0 aliphatic rings. The molecule has 0 saturated heterocycles. The first-order valence-electron chi connectivity index (χ1n) is 7.54. The summed E-state index contributed by atoms with van der Waals surface area (Å²) >= 11 is -35.1. The predicted octanol–water partition coefficient (Wildman–Crippen LogP) is -5.41. The van der Waals surface area contributed by atoms with Gasteiger partial charge in [0.05, 0.1) is 0 Å². The van der Waals surface area contributed by atoms with Crippen LogP contribution in [-0.4, -0.2) is 176 Å². The van der Waals surface area contributed by atoms with Gasteiger partial charge in [-0.05, 0) is 12.1 Å². The number of anilines is 1. The number of benzene rings is 1. The number of rotatable bonds is 1.